The molecule has 0 radical (unpaired) electrons. The van der Waals surface area contributed by atoms with Crippen molar-refractivity contribution in [3.8, 4) is 0 Å². The molecule has 1 aromatic carbocycles. The van der Waals surface area contributed by atoms with Crippen molar-refractivity contribution in [2.24, 2.45) is 5.92 Å². The topological polar surface area (TPSA) is 12.0 Å². The molecule has 0 aliphatic carbocycles. The van der Waals surface area contributed by atoms with E-state index in [4.69, 9.17) is 11.6 Å². The monoisotopic (exact) mass is 279 g/mol. The molecule has 0 aromatic heterocycles. The van der Waals surface area contributed by atoms with E-state index in [2.05, 4.69) is 5.32 Å². The van der Waals surface area contributed by atoms with Crippen molar-refractivity contribution < 1.29 is 13.2 Å². The van der Waals surface area contributed by atoms with Crippen LogP contribution in [-0.4, -0.2) is 6.04 Å². The number of halogens is 4. The van der Waals surface area contributed by atoms with Crippen LogP contribution in [0.1, 0.15) is 32.8 Å². The SMILES string of the molecule is CCC(C)C(C)Nc1cc(C(F)(F)F)ccc1Cl. The summed E-state index contributed by atoms with van der Waals surface area (Å²) in [7, 11) is 0. The summed E-state index contributed by atoms with van der Waals surface area (Å²) in [5, 5.41) is 3.35. The van der Waals surface area contributed by atoms with Gasteiger partial charge in [0.15, 0.2) is 0 Å². The van der Waals surface area contributed by atoms with Gasteiger partial charge < -0.3 is 5.32 Å². The van der Waals surface area contributed by atoms with Crippen LogP contribution in [0.15, 0.2) is 18.2 Å². The second kappa shape index (κ2) is 5.83. The molecule has 2 unspecified atom stereocenters. The highest BCUT2D eigenvalue weighted by Gasteiger charge is 2.31. The Morgan fingerprint density at radius 3 is 2.39 bits per heavy atom. The lowest BCUT2D eigenvalue weighted by atomic mass is 10.0. The van der Waals surface area contributed by atoms with Crippen molar-refractivity contribution in [2.45, 2.75) is 39.4 Å². The zero-order chi connectivity index (χ0) is 13.9. The third kappa shape index (κ3) is 3.80. The summed E-state index contributed by atoms with van der Waals surface area (Å²) in [5.41, 5.74) is -0.356. The maximum Gasteiger partial charge on any atom is 0.416 e. The highest BCUT2D eigenvalue weighted by atomic mass is 35.5. The molecule has 18 heavy (non-hydrogen) atoms. The first-order valence-electron chi connectivity index (χ1n) is 5.89. The Kier molecular flexibility index (Phi) is 4.91. The Bertz CT molecular complexity index is 404. The van der Waals surface area contributed by atoms with Crippen LogP contribution in [0.3, 0.4) is 0 Å². The molecule has 0 saturated heterocycles. The summed E-state index contributed by atoms with van der Waals surface area (Å²) in [6.45, 7) is 6.01. The van der Waals surface area contributed by atoms with E-state index in [1.807, 2.05) is 20.8 Å². The maximum atomic E-state index is 12.6. The van der Waals surface area contributed by atoms with Crippen molar-refractivity contribution in [1.82, 2.24) is 0 Å². The van der Waals surface area contributed by atoms with Crippen molar-refractivity contribution in [3.05, 3.63) is 28.8 Å². The maximum absolute atomic E-state index is 12.6. The lowest BCUT2D eigenvalue weighted by molar-refractivity contribution is -0.137. The van der Waals surface area contributed by atoms with E-state index in [0.29, 0.717) is 16.6 Å². The molecule has 0 amide bonds. The molecule has 0 aliphatic heterocycles. The second-order valence-corrected chi connectivity index (χ2v) is 4.92. The second-order valence-electron chi connectivity index (χ2n) is 4.51. The fourth-order valence-corrected chi connectivity index (χ4v) is 1.73. The van der Waals surface area contributed by atoms with Crippen LogP contribution in [-0.2, 0) is 6.18 Å². The van der Waals surface area contributed by atoms with Gasteiger partial charge in [-0.1, -0.05) is 31.9 Å². The number of rotatable bonds is 4. The molecule has 1 rings (SSSR count). The first-order chi connectivity index (χ1) is 8.25. The fraction of sp³-hybridized carbons (Fsp3) is 0.538. The van der Waals surface area contributed by atoms with Crippen LogP contribution < -0.4 is 5.32 Å². The summed E-state index contributed by atoms with van der Waals surface area (Å²) in [6, 6.07) is 3.38. The minimum Gasteiger partial charge on any atom is -0.381 e. The minimum atomic E-state index is -4.35. The predicted molar refractivity (Wildman–Crippen MR) is 69.0 cm³/mol. The van der Waals surface area contributed by atoms with Gasteiger partial charge in [0.25, 0.3) is 0 Å². The molecule has 0 bridgehead atoms. The van der Waals surface area contributed by atoms with Gasteiger partial charge in [-0.2, -0.15) is 13.2 Å². The number of hydrogen-bond acceptors (Lipinski definition) is 1. The molecule has 102 valence electrons. The van der Waals surface area contributed by atoms with E-state index < -0.39 is 11.7 Å². The Labute approximate surface area is 110 Å². The zero-order valence-corrected chi connectivity index (χ0v) is 11.4. The molecular weight excluding hydrogens is 263 g/mol. The molecule has 0 spiro atoms. The molecule has 2 atom stereocenters. The molecule has 1 nitrogen and oxygen atoms in total. The third-order valence-electron chi connectivity index (χ3n) is 3.17. The van der Waals surface area contributed by atoms with E-state index in [9.17, 15) is 13.2 Å². The molecule has 0 aliphatic rings. The van der Waals surface area contributed by atoms with Gasteiger partial charge in [-0.25, -0.2) is 0 Å². The van der Waals surface area contributed by atoms with E-state index in [1.165, 1.54) is 6.07 Å². The van der Waals surface area contributed by atoms with Crippen LogP contribution >= 0.6 is 11.6 Å². The first-order valence-corrected chi connectivity index (χ1v) is 6.26. The van der Waals surface area contributed by atoms with Gasteiger partial charge in [-0.15, -0.1) is 0 Å². The van der Waals surface area contributed by atoms with Crippen LogP contribution in [0.5, 0.6) is 0 Å². The van der Waals surface area contributed by atoms with E-state index in [1.54, 1.807) is 0 Å². The average molecular weight is 280 g/mol. The van der Waals surface area contributed by atoms with Gasteiger partial charge in [0.1, 0.15) is 0 Å². The van der Waals surface area contributed by atoms with Gasteiger partial charge in [0, 0.05) is 6.04 Å². The summed E-state index contributed by atoms with van der Waals surface area (Å²) in [5.74, 6) is 0.357. The molecule has 1 aromatic rings. The average Bonchev–Trinajstić information content (AvgIpc) is 2.29. The van der Waals surface area contributed by atoms with Crippen molar-refractivity contribution in [1.29, 1.82) is 0 Å². The van der Waals surface area contributed by atoms with Crippen LogP contribution in [0.25, 0.3) is 0 Å². The van der Waals surface area contributed by atoms with Crippen LogP contribution in [0.4, 0.5) is 18.9 Å². The van der Waals surface area contributed by atoms with E-state index in [-0.39, 0.29) is 6.04 Å². The summed E-state index contributed by atoms with van der Waals surface area (Å²) >= 11 is 5.91. The molecule has 0 saturated carbocycles. The van der Waals surface area contributed by atoms with Crippen molar-refractivity contribution in [2.75, 3.05) is 5.32 Å². The summed E-state index contributed by atoms with van der Waals surface area (Å²) < 4.78 is 37.8. The predicted octanol–water partition coefficient (Wildman–Crippen LogP) is 5.21. The normalized spacial score (nSPS) is 15.3. The highest BCUT2D eigenvalue weighted by molar-refractivity contribution is 6.33. The summed E-state index contributed by atoms with van der Waals surface area (Å²) in [4.78, 5) is 0. The Morgan fingerprint density at radius 2 is 1.89 bits per heavy atom. The first kappa shape index (κ1) is 15.2. The Hall–Kier alpha value is -0.900. The van der Waals surface area contributed by atoms with Crippen molar-refractivity contribution in [3.63, 3.8) is 0 Å². The molecule has 1 N–H and O–H groups in total. The number of anilines is 1. The molecule has 5 heteroatoms. The molecule has 0 heterocycles. The lowest BCUT2D eigenvalue weighted by Crippen LogP contribution is -2.23. The quantitative estimate of drug-likeness (QED) is 0.798. The minimum absolute atomic E-state index is 0.0657. The lowest BCUT2D eigenvalue weighted by Gasteiger charge is -2.22. The Morgan fingerprint density at radius 1 is 1.28 bits per heavy atom. The molecule has 0 fully saturated rings. The van der Waals surface area contributed by atoms with E-state index >= 15 is 0 Å². The number of hydrogen-bond donors (Lipinski definition) is 1. The summed E-state index contributed by atoms with van der Waals surface area (Å²) in [6.07, 6.45) is -3.40. The highest BCUT2D eigenvalue weighted by Crippen LogP contribution is 2.34. The number of benzene rings is 1. The van der Waals surface area contributed by atoms with Gasteiger partial charge >= 0.3 is 6.18 Å². The standard InChI is InChI=1S/C13H17ClF3N/c1-4-8(2)9(3)18-12-7-10(13(15,16)17)5-6-11(12)14/h5-9,18H,4H2,1-3H3. The van der Waals surface area contributed by atoms with Gasteiger partial charge in [0.2, 0.25) is 0 Å². The van der Waals surface area contributed by atoms with Crippen LogP contribution in [0, 0.1) is 5.92 Å². The number of alkyl halides is 3. The third-order valence-corrected chi connectivity index (χ3v) is 3.50. The smallest absolute Gasteiger partial charge is 0.381 e. The van der Waals surface area contributed by atoms with Gasteiger partial charge in [-0.05, 0) is 31.0 Å². The Balaban J connectivity index is 2.95. The number of nitrogens with one attached hydrogen (secondary N) is 1. The van der Waals surface area contributed by atoms with E-state index in [0.717, 1.165) is 18.6 Å². The largest absolute Gasteiger partial charge is 0.416 e. The zero-order valence-electron chi connectivity index (χ0n) is 10.6. The van der Waals surface area contributed by atoms with Crippen molar-refractivity contribution >= 4 is 17.3 Å². The molecular formula is C13H17ClF3N. The fourth-order valence-electron chi connectivity index (χ4n) is 1.55. The van der Waals surface area contributed by atoms with Crippen LogP contribution in [0.2, 0.25) is 5.02 Å². The van der Waals surface area contributed by atoms with Gasteiger partial charge in [0.05, 0.1) is 16.3 Å². The van der Waals surface area contributed by atoms with Gasteiger partial charge in [-0.3, -0.25) is 0 Å².